The number of carbonyl (C=O) groups is 2. The molecule has 1 saturated heterocycles. The fourth-order valence-corrected chi connectivity index (χ4v) is 3.28. The van der Waals surface area contributed by atoms with Crippen LogP contribution in [0.5, 0.6) is 0 Å². The van der Waals surface area contributed by atoms with Gasteiger partial charge in [-0.15, -0.1) is 0 Å². The van der Waals surface area contributed by atoms with Crippen LogP contribution in [-0.2, 0) is 9.59 Å². The Hall–Kier alpha value is -1.36. The van der Waals surface area contributed by atoms with Gasteiger partial charge in [-0.05, 0) is 37.6 Å². The Morgan fingerprint density at radius 3 is 2.62 bits per heavy atom. The SMILES string of the molecule is CC(C)CN1CCC(CNC(=O)C2(C(=O)O)CC=CC2)C1. The smallest absolute Gasteiger partial charge is 0.319 e. The summed E-state index contributed by atoms with van der Waals surface area (Å²) in [5.41, 5.74) is -1.27. The molecule has 0 aromatic rings. The molecule has 1 aliphatic carbocycles. The summed E-state index contributed by atoms with van der Waals surface area (Å²) in [4.78, 5) is 26.1. The predicted octanol–water partition coefficient (Wildman–Crippen LogP) is 1.50. The number of hydrogen-bond donors (Lipinski definition) is 2. The van der Waals surface area contributed by atoms with Crippen molar-refractivity contribution in [3.63, 3.8) is 0 Å². The molecule has 21 heavy (non-hydrogen) atoms. The average molecular weight is 294 g/mol. The molecule has 0 spiro atoms. The highest BCUT2D eigenvalue weighted by Crippen LogP contribution is 2.34. The fourth-order valence-electron chi connectivity index (χ4n) is 3.28. The summed E-state index contributed by atoms with van der Waals surface area (Å²) in [7, 11) is 0. The first kappa shape index (κ1) is 16.0. The molecule has 0 aromatic heterocycles. The molecule has 1 unspecified atom stereocenters. The quantitative estimate of drug-likeness (QED) is 0.575. The second-order valence-corrected chi connectivity index (χ2v) is 6.79. The van der Waals surface area contributed by atoms with Crippen molar-refractivity contribution < 1.29 is 14.7 Å². The first-order valence-corrected chi connectivity index (χ1v) is 7.83. The standard InChI is InChI=1S/C16H26N2O3/c1-12(2)10-18-8-5-13(11-18)9-17-14(19)16(15(20)21)6-3-4-7-16/h3-4,12-13H,5-11H2,1-2H3,(H,17,19)(H,20,21). The molecule has 2 aliphatic rings. The zero-order valence-electron chi connectivity index (χ0n) is 13.0. The van der Waals surface area contributed by atoms with Crippen molar-refractivity contribution in [3.05, 3.63) is 12.2 Å². The molecule has 0 aromatic carbocycles. The highest BCUT2D eigenvalue weighted by molar-refractivity contribution is 6.02. The lowest BCUT2D eigenvalue weighted by atomic mass is 9.84. The number of carbonyl (C=O) groups excluding carboxylic acids is 1. The summed E-state index contributed by atoms with van der Waals surface area (Å²) in [5.74, 6) is -0.258. The second kappa shape index (κ2) is 6.60. The highest BCUT2D eigenvalue weighted by Gasteiger charge is 2.46. The van der Waals surface area contributed by atoms with Gasteiger partial charge in [-0.2, -0.15) is 0 Å². The minimum atomic E-state index is -1.27. The maximum Gasteiger partial charge on any atom is 0.319 e. The van der Waals surface area contributed by atoms with E-state index >= 15 is 0 Å². The van der Waals surface area contributed by atoms with Gasteiger partial charge in [0.25, 0.3) is 0 Å². The van der Waals surface area contributed by atoms with Gasteiger partial charge in [-0.1, -0.05) is 26.0 Å². The normalized spacial score (nSPS) is 24.6. The minimum Gasteiger partial charge on any atom is -0.480 e. The van der Waals surface area contributed by atoms with Crippen LogP contribution >= 0.6 is 0 Å². The van der Waals surface area contributed by atoms with Crippen LogP contribution in [0.2, 0.25) is 0 Å². The number of hydrogen-bond acceptors (Lipinski definition) is 3. The number of amides is 1. The molecular formula is C16H26N2O3. The van der Waals surface area contributed by atoms with Crippen molar-refractivity contribution in [3.8, 4) is 0 Å². The summed E-state index contributed by atoms with van der Waals surface area (Å²) in [6.07, 6.45) is 5.25. The van der Waals surface area contributed by atoms with E-state index in [9.17, 15) is 14.7 Å². The van der Waals surface area contributed by atoms with E-state index in [-0.39, 0.29) is 5.91 Å². The molecule has 118 valence electrons. The third-order valence-electron chi connectivity index (χ3n) is 4.49. The predicted molar refractivity (Wildman–Crippen MR) is 80.8 cm³/mol. The first-order valence-electron chi connectivity index (χ1n) is 7.83. The van der Waals surface area contributed by atoms with E-state index in [1.54, 1.807) is 12.2 Å². The van der Waals surface area contributed by atoms with E-state index in [4.69, 9.17) is 0 Å². The fraction of sp³-hybridized carbons (Fsp3) is 0.750. The number of likely N-dealkylation sites (tertiary alicyclic amines) is 1. The zero-order valence-corrected chi connectivity index (χ0v) is 13.0. The lowest BCUT2D eigenvalue weighted by molar-refractivity contribution is -0.155. The molecule has 1 aliphatic heterocycles. The average Bonchev–Trinajstić information content (AvgIpc) is 3.04. The van der Waals surface area contributed by atoms with Gasteiger partial charge in [0.05, 0.1) is 0 Å². The molecule has 2 N–H and O–H groups in total. The van der Waals surface area contributed by atoms with Crippen LogP contribution in [0.15, 0.2) is 12.2 Å². The molecule has 1 heterocycles. The Morgan fingerprint density at radius 2 is 2.05 bits per heavy atom. The summed E-state index contributed by atoms with van der Waals surface area (Å²) in [5, 5.41) is 12.2. The molecule has 2 rings (SSSR count). The van der Waals surface area contributed by atoms with E-state index in [0.29, 0.717) is 31.2 Å². The number of rotatable bonds is 6. The number of nitrogens with zero attached hydrogens (tertiary/aromatic N) is 1. The molecular weight excluding hydrogens is 268 g/mol. The minimum absolute atomic E-state index is 0.304. The van der Waals surface area contributed by atoms with E-state index in [1.807, 2.05) is 0 Å². The van der Waals surface area contributed by atoms with Gasteiger partial charge in [-0.25, -0.2) is 0 Å². The highest BCUT2D eigenvalue weighted by atomic mass is 16.4. The first-order chi connectivity index (χ1) is 9.94. The van der Waals surface area contributed by atoms with Crippen molar-refractivity contribution in [2.45, 2.75) is 33.1 Å². The van der Waals surface area contributed by atoms with Gasteiger partial charge in [0.15, 0.2) is 5.41 Å². The van der Waals surface area contributed by atoms with Crippen molar-refractivity contribution in [1.82, 2.24) is 10.2 Å². The van der Waals surface area contributed by atoms with Crippen molar-refractivity contribution in [1.29, 1.82) is 0 Å². The maximum absolute atomic E-state index is 12.3. The maximum atomic E-state index is 12.3. The van der Waals surface area contributed by atoms with Gasteiger partial charge in [0.1, 0.15) is 0 Å². The van der Waals surface area contributed by atoms with Gasteiger partial charge in [-0.3, -0.25) is 9.59 Å². The number of carboxylic acid groups (broad SMARTS) is 1. The molecule has 0 bridgehead atoms. The van der Waals surface area contributed by atoms with E-state index in [1.165, 1.54) is 0 Å². The topological polar surface area (TPSA) is 69.6 Å². The van der Waals surface area contributed by atoms with Gasteiger partial charge in [0.2, 0.25) is 5.91 Å². The largest absolute Gasteiger partial charge is 0.480 e. The number of aliphatic carboxylic acids is 1. The zero-order chi connectivity index (χ0) is 15.5. The molecule has 1 atom stereocenters. The molecule has 0 radical (unpaired) electrons. The molecule has 5 heteroatoms. The van der Waals surface area contributed by atoms with Crippen molar-refractivity contribution in [2.24, 2.45) is 17.3 Å². The van der Waals surface area contributed by atoms with Crippen molar-refractivity contribution >= 4 is 11.9 Å². The van der Waals surface area contributed by atoms with Crippen LogP contribution in [0.25, 0.3) is 0 Å². The van der Waals surface area contributed by atoms with Crippen LogP contribution < -0.4 is 5.32 Å². The van der Waals surface area contributed by atoms with Crippen LogP contribution in [0.4, 0.5) is 0 Å². The van der Waals surface area contributed by atoms with Crippen LogP contribution in [0.3, 0.4) is 0 Å². The Bertz CT molecular complexity index is 423. The lowest BCUT2D eigenvalue weighted by Gasteiger charge is -2.24. The summed E-state index contributed by atoms with van der Waals surface area (Å²) >= 11 is 0. The Morgan fingerprint density at radius 1 is 1.38 bits per heavy atom. The van der Waals surface area contributed by atoms with E-state index < -0.39 is 11.4 Å². The number of nitrogens with one attached hydrogen (secondary N) is 1. The number of carboxylic acids is 1. The Labute approximate surface area is 126 Å². The van der Waals surface area contributed by atoms with E-state index in [2.05, 4.69) is 24.1 Å². The van der Waals surface area contributed by atoms with Gasteiger partial charge < -0.3 is 15.3 Å². The Kier molecular flexibility index (Phi) is 5.04. The Balaban J connectivity index is 1.81. The third kappa shape index (κ3) is 3.64. The van der Waals surface area contributed by atoms with Crippen LogP contribution in [-0.4, -0.2) is 48.1 Å². The molecule has 5 nitrogen and oxygen atoms in total. The lowest BCUT2D eigenvalue weighted by Crippen LogP contribution is -2.46. The second-order valence-electron chi connectivity index (χ2n) is 6.79. The van der Waals surface area contributed by atoms with Gasteiger partial charge >= 0.3 is 5.97 Å². The van der Waals surface area contributed by atoms with E-state index in [0.717, 1.165) is 26.1 Å². The molecule has 1 fully saturated rings. The molecule has 1 amide bonds. The summed E-state index contributed by atoms with van der Waals surface area (Å²) in [6, 6.07) is 0. The van der Waals surface area contributed by atoms with Crippen LogP contribution in [0.1, 0.15) is 33.1 Å². The van der Waals surface area contributed by atoms with Gasteiger partial charge in [0, 0.05) is 19.6 Å². The third-order valence-corrected chi connectivity index (χ3v) is 4.49. The summed E-state index contributed by atoms with van der Waals surface area (Å²) < 4.78 is 0. The van der Waals surface area contributed by atoms with Crippen molar-refractivity contribution in [2.75, 3.05) is 26.2 Å². The molecule has 0 saturated carbocycles. The number of allylic oxidation sites excluding steroid dienone is 2. The van der Waals surface area contributed by atoms with Crippen LogP contribution in [0, 0.1) is 17.3 Å². The summed E-state index contributed by atoms with van der Waals surface area (Å²) in [6.45, 7) is 8.16. The monoisotopic (exact) mass is 294 g/mol.